The van der Waals surface area contributed by atoms with Crippen LogP contribution in [0.5, 0.6) is 5.75 Å². The summed E-state index contributed by atoms with van der Waals surface area (Å²) in [5.74, 6) is 0.194. The second-order valence-corrected chi connectivity index (χ2v) is 5.98. The first-order valence-corrected chi connectivity index (χ1v) is 7.91. The second kappa shape index (κ2) is 8.55. The number of aryl methyl sites for hydroxylation is 3. The Morgan fingerprint density at radius 1 is 0.880 bits per heavy atom. The van der Waals surface area contributed by atoms with Crippen LogP contribution < -0.4 is 4.74 Å². The Morgan fingerprint density at radius 2 is 1.52 bits per heavy atom. The van der Waals surface area contributed by atoms with Gasteiger partial charge in [0.25, 0.3) is 0 Å². The van der Waals surface area contributed by atoms with Gasteiger partial charge in [-0.15, -0.1) is 5.56 Å². The average Bonchev–Trinajstić information content (AvgIpc) is 2.58. The third-order valence-corrected chi connectivity index (χ3v) is 4.09. The molecule has 3 aromatic carbocycles. The van der Waals surface area contributed by atoms with Crippen molar-refractivity contribution in [3.05, 3.63) is 89.0 Å². The van der Waals surface area contributed by atoms with E-state index in [9.17, 15) is 4.79 Å². The van der Waals surface area contributed by atoms with Gasteiger partial charge in [0.05, 0.1) is 5.56 Å². The Kier molecular flexibility index (Phi) is 6.69. The molecule has 0 aromatic heterocycles. The van der Waals surface area contributed by atoms with Crippen molar-refractivity contribution in [1.29, 1.82) is 0 Å². The van der Waals surface area contributed by atoms with Crippen LogP contribution in [-0.4, -0.2) is 5.97 Å². The normalized spacial score (nSPS) is 10.0. The van der Waals surface area contributed by atoms with Crippen LogP contribution in [0, 0.1) is 26.8 Å². The van der Waals surface area contributed by atoms with Gasteiger partial charge in [-0.1, -0.05) is 49.2 Å². The average molecular weight is 404 g/mol. The largest absolute Gasteiger partial charge is 3.00 e. The van der Waals surface area contributed by atoms with Crippen LogP contribution in [0.2, 0.25) is 0 Å². The van der Waals surface area contributed by atoms with E-state index in [4.69, 9.17) is 4.74 Å². The van der Waals surface area contributed by atoms with E-state index in [1.807, 2.05) is 56.3 Å². The quantitative estimate of drug-likeness (QED) is 0.337. The van der Waals surface area contributed by atoms with Crippen molar-refractivity contribution in [2.24, 2.45) is 0 Å². The Bertz CT molecular complexity index is 866. The number of esters is 1. The van der Waals surface area contributed by atoms with Crippen LogP contribution in [0.25, 0.3) is 11.1 Å². The van der Waals surface area contributed by atoms with Crippen molar-refractivity contribution in [2.75, 3.05) is 0 Å². The monoisotopic (exact) mass is 404 g/mol. The maximum Gasteiger partial charge on any atom is 3.00 e. The van der Waals surface area contributed by atoms with Gasteiger partial charge in [-0.2, -0.15) is 29.3 Å². The van der Waals surface area contributed by atoms with Gasteiger partial charge < -0.3 is 4.74 Å². The number of hydrogen-bond donors (Lipinski definition) is 0. The minimum atomic E-state index is -0.345. The van der Waals surface area contributed by atoms with Crippen molar-refractivity contribution < 1.29 is 42.2 Å². The van der Waals surface area contributed by atoms with Crippen molar-refractivity contribution in [2.45, 2.75) is 20.8 Å². The Hall–Kier alpha value is -1.77. The first-order valence-electron chi connectivity index (χ1n) is 7.91. The van der Waals surface area contributed by atoms with E-state index in [0.29, 0.717) is 11.3 Å². The van der Waals surface area contributed by atoms with Gasteiger partial charge in [0.15, 0.2) is 0 Å². The van der Waals surface area contributed by atoms with Gasteiger partial charge >= 0.3 is 38.7 Å². The fraction of sp³-hybridized carbons (Fsp3) is 0.136. The molecular formula is C22H19O2Y+2. The molecule has 0 fully saturated rings. The molecule has 0 heterocycles. The van der Waals surface area contributed by atoms with Crippen LogP contribution in [0.3, 0.4) is 0 Å². The van der Waals surface area contributed by atoms with E-state index in [1.54, 1.807) is 12.1 Å². The molecule has 3 heteroatoms. The maximum atomic E-state index is 12.1. The van der Waals surface area contributed by atoms with E-state index in [2.05, 4.69) is 19.1 Å². The molecule has 0 N–H and O–H groups in total. The number of carbonyl (C=O) groups is 1. The van der Waals surface area contributed by atoms with Gasteiger partial charge in [-0.25, -0.2) is 4.79 Å². The molecule has 0 spiro atoms. The zero-order chi connectivity index (χ0) is 17.1. The fourth-order valence-corrected chi connectivity index (χ4v) is 2.42. The molecule has 0 unspecified atom stereocenters. The summed E-state index contributed by atoms with van der Waals surface area (Å²) in [5, 5.41) is 0. The van der Waals surface area contributed by atoms with Crippen LogP contribution in [0.4, 0.5) is 0 Å². The third-order valence-electron chi connectivity index (χ3n) is 4.09. The van der Waals surface area contributed by atoms with Crippen LogP contribution >= 0.6 is 0 Å². The maximum absolute atomic E-state index is 12.1. The molecule has 0 aliphatic rings. The fourth-order valence-electron chi connectivity index (χ4n) is 2.42. The molecule has 0 saturated heterocycles. The standard InChI is InChI=1S/C22H19O2.Y/c1-15-4-7-19(8-5-15)22(23)24-21-12-10-18(11-13-21)20-9-6-16(2)17(3)14-20;/h4-5,7-14H,1-3H3;/q-1;+3. The Morgan fingerprint density at radius 3 is 2.12 bits per heavy atom. The van der Waals surface area contributed by atoms with Gasteiger partial charge in [-0.05, 0) is 31.2 Å². The molecule has 0 atom stereocenters. The summed E-state index contributed by atoms with van der Waals surface area (Å²) in [7, 11) is 0. The van der Waals surface area contributed by atoms with Gasteiger partial charge in [0, 0.05) is 0 Å². The molecule has 25 heavy (non-hydrogen) atoms. The first-order chi connectivity index (χ1) is 11.5. The molecule has 3 rings (SSSR count). The zero-order valence-electron chi connectivity index (χ0n) is 14.7. The zero-order valence-corrected chi connectivity index (χ0v) is 17.5. The first kappa shape index (κ1) is 19.6. The summed E-state index contributed by atoms with van der Waals surface area (Å²) >= 11 is 0. The van der Waals surface area contributed by atoms with Crippen LogP contribution in [0.15, 0.2) is 60.7 Å². The predicted molar refractivity (Wildman–Crippen MR) is 96.3 cm³/mol. The van der Waals surface area contributed by atoms with Crippen LogP contribution in [-0.2, 0) is 32.7 Å². The Labute approximate surface area is 174 Å². The van der Waals surface area contributed by atoms with Crippen molar-refractivity contribution in [3.8, 4) is 16.9 Å². The SMILES string of the molecule is Cc1ccc(C(=O)Oc2ccc(-c3c[c-]c(C)c(C)c3)cc2)cc1.[Y+3]. The van der Waals surface area contributed by atoms with E-state index in [-0.39, 0.29) is 38.7 Å². The summed E-state index contributed by atoms with van der Waals surface area (Å²) in [4.78, 5) is 12.1. The summed E-state index contributed by atoms with van der Waals surface area (Å²) in [5.41, 5.74) is 6.21. The summed E-state index contributed by atoms with van der Waals surface area (Å²) in [6.45, 7) is 6.11. The van der Waals surface area contributed by atoms with E-state index < -0.39 is 0 Å². The summed E-state index contributed by atoms with van der Waals surface area (Å²) < 4.78 is 5.43. The molecule has 0 aliphatic carbocycles. The van der Waals surface area contributed by atoms with Gasteiger partial charge in [0.1, 0.15) is 5.75 Å². The van der Waals surface area contributed by atoms with E-state index >= 15 is 0 Å². The van der Waals surface area contributed by atoms with Crippen molar-refractivity contribution in [1.82, 2.24) is 0 Å². The van der Waals surface area contributed by atoms with E-state index in [1.165, 1.54) is 5.56 Å². The van der Waals surface area contributed by atoms with Gasteiger partial charge in [0.2, 0.25) is 0 Å². The van der Waals surface area contributed by atoms with Crippen molar-refractivity contribution in [3.63, 3.8) is 0 Å². The molecule has 0 aliphatic heterocycles. The predicted octanol–water partition coefficient (Wildman–Crippen LogP) is 5.30. The molecule has 3 aromatic rings. The number of rotatable bonds is 3. The Balaban J connectivity index is 0.00000225. The van der Waals surface area contributed by atoms with Gasteiger partial charge in [-0.3, -0.25) is 0 Å². The van der Waals surface area contributed by atoms with E-state index in [0.717, 1.165) is 22.3 Å². The molecular weight excluding hydrogens is 385 g/mol. The molecule has 0 saturated carbocycles. The topological polar surface area (TPSA) is 26.3 Å². The summed E-state index contributed by atoms with van der Waals surface area (Å²) in [6, 6.07) is 22.3. The molecule has 0 radical (unpaired) electrons. The molecule has 0 bridgehead atoms. The molecule has 2 nitrogen and oxygen atoms in total. The summed E-state index contributed by atoms with van der Waals surface area (Å²) in [6.07, 6.45) is 0. The van der Waals surface area contributed by atoms with Crippen LogP contribution in [0.1, 0.15) is 27.0 Å². The second-order valence-electron chi connectivity index (χ2n) is 5.98. The number of ether oxygens (including phenoxy) is 1. The number of hydrogen-bond acceptors (Lipinski definition) is 2. The number of benzene rings is 3. The van der Waals surface area contributed by atoms with Crippen molar-refractivity contribution >= 4 is 5.97 Å². The smallest absolute Gasteiger partial charge is 0.423 e. The molecule has 120 valence electrons. The minimum Gasteiger partial charge on any atom is -0.423 e. The third kappa shape index (κ3) is 4.87. The number of carbonyl (C=O) groups excluding carboxylic acids is 1. The minimum absolute atomic E-state index is 0. The molecule has 0 amide bonds.